The summed E-state index contributed by atoms with van der Waals surface area (Å²) >= 11 is 1.75. The Bertz CT molecular complexity index is 184. The SMILES string of the molecule is CCSc1cnnn1C. The summed E-state index contributed by atoms with van der Waals surface area (Å²) in [4.78, 5) is 0. The summed E-state index contributed by atoms with van der Waals surface area (Å²) in [7, 11) is 1.89. The van der Waals surface area contributed by atoms with Gasteiger partial charge in [-0.15, -0.1) is 16.9 Å². The number of rotatable bonds is 2. The Balaban J connectivity index is 2.69. The molecule has 1 rings (SSSR count). The molecule has 0 aliphatic heterocycles. The first kappa shape index (κ1) is 6.61. The summed E-state index contributed by atoms with van der Waals surface area (Å²) < 4.78 is 1.77. The second kappa shape index (κ2) is 2.87. The maximum Gasteiger partial charge on any atom is 0.114 e. The zero-order valence-corrected chi connectivity index (χ0v) is 6.35. The van der Waals surface area contributed by atoms with Crippen molar-refractivity contribution in [3.05, 3.63) is 6.20 Å². The Morgan fingerprint density at radius 3 is 3.00 bits per heavy atom. The molecule has 3 nitrogen and oxygen atoms in total. The molecule has 50 valence electrons. The minimum atomic E-state index is 1.07. The number of aromatic nitrogens is 3. The van der Waals surface area contributed by atoms with E-state index in [1.54, 1.807) is 22.6 Å². The van der Waals surface area contributed by atoms with Crippen LogP contribution in [0.1, 0.15) is 6.92 Å². The third-order valence-corrected chi connectivity index (χ3v) is 1.92. The molecule has 0 radical (unpaired) electrons. The van der Waals surface area contributed by atoms with Crippen molar-refractivity contribution in [2.45, 2.75) is 11.9 Å². The molecular formula is C5H9N3S. The van der Waals surface area contributed by atoms with Gasteiger partial charge in [-0.3, -0.25) is 0 Å². The highest BCUT2D eigenvalue weighted by molar-refractivity contribution is 7.99. The van der Waals surface area contributed by atoms with Gasteiger partial charge in [-0.2, -0.15) is 0 Å². The Labute approximate surface area is 58.4 Å². The van der Waals surface area contributed by atoms with Crippen LogP contribution in [0.2, 0.25) is 0 Å². The molecule has 0 unspecified atom stereocenters. The molecule has 0 aliphatic carbocycles. The van der Waals surface area contributed by atoms with Crippen molar-refractivity contribution >= 4 is 11.8 Å². The van der Waals surface area contributed by atoms with Crippen LogP contribution in [0.5, 0.6) is 0 Å². The van der Waals surface area contributed by atoms with Gasteiger partial charge in [-0.25, -0.2) is 4.68 Å². The van der Waals surface area contributed by atoms with E-state index in [1.165, 1.54) is 0 Å². The lowest BCUT2D eigenvalue weighted by Crippen LogP contribution is -1.91. The van der Waals surface area contributed by atoms with E-state index >= 15 is 0 Å². The van der Waals surface area contributed by atoms with E-state index in [0.29, 0.717) is 0 Å². The lowest BCUT2D eigenvalue weighted by molar-refractivity contribution is 0.665. The van der Waals surface area contributed by atoms with Crippen LogP contribution in [0.3, 0.4) is 0 Å². The van der Waals surface area contributed by atoms with E-state index < -0.39 is 0 Å². The smallest absolute Gasteiger partial charge is 0.114 e. The Hall–Kier alpha value is -0.510. The van der Waals surface area contributed by atoms with Crippen molar-refractivity contribution in [1.29, 1.82) is 0 Å². The van der Waals surface area contributed by atoms with Crippen LogP contribution < -0.4 is 0 Å². The summed E-state index contributed by atoms with van der Waals surface area (Å²) in [6.07, 6.45) is 1.77. The molecule has 9 heavy (non-hydrogen) atoms. The molecule has 0 amide bonds. The predicted molar refractivity (Wildman–Crippen MR) is 37.4 cm³/mol. The number of aryl methyl sites for hydroxylation is 1. The predicted octanol–water partition coefficient (Wildman–Crippen LogP) is 0.927. The van der Waals surface area contributed by atoms with Crippen LogP contribution in [0.15, 0.2) is 11.2 Å². The zero-order valence-electron chi connectivity index (χ0n) is 5.53. The van der Waals surface area contributed by atoms with Gasteiger partial charge in [-0.05, 0) is 5.75 Å². The fourth-order valence-corrected chi connectivity index (χ4v) is 1.20. The molecule has 0 fully saturated rings. The summed E-state index contributed by atoms with van der Waals surface area (Å²) in [5.41, 5.74) is 0. The number of hydrogen-bond acceptors (Lipinski definition) is 3. The fourth-order valence-electron chi connectivity index (χ4n) is 0.559. The normalized spacial score (nSPS) is 10.0. The molecule has 0 aromatic carbocycles. The minimum Gasteiger partial charge on any atom is -0.242 e. The highest BCUT2D eigenvalue weighted by Crippen LogP contribution is 2.12. The van der Waals surface area contributed by atoms with E-state index in [0.717, 1.165) is 10.8 Å². The Kier molecular flexibility index (Phi) is 2.10. The van der Waals surface area contributed by atoms with Crippen LogP contribution in [0.25, 0.3) is 0 Å². The maximum atomic E-state index is 3.78. The average molecular weight is 143 g/mol. The molecule has 0 saturated carbocycles. The molecule has 1 aromatic heterocycles. The fraction of sp³-hybridized carbons (Fsp3) is 0.600. The molecule has 1 aromatic rings. The van der Waals surface area contributed by atoms with Gasteiger partial charge in [0.05, 0.1) is 6.20 Å². The van der Waals surface area contributed by atoms with Gasteiger partial charge in [0, 0.05) is 7.05 Å². The molecular weight excluding hydrogens is 134 g/mol. The second-order valence-corrected chi connectivity index (χ2v) is 2.91. The van der Waals surface area contributed by atoms with Gasteiger partial charge >= 0.3 is 0 Å². The minimum absolute atomic E-state index is 1.07. The van der Waals surface area contributed by atoms with Crippen molar-refractivity contribution in [3.8, 4) is 0 Å². The standard InChI is InChI=1S/C5H9N3S/c1-3-9-5-4-6-7-8(5)2/h4H,3H2,1-2H3. The van der Waals surface area contributed by atoms with Crippen LogP contribution in [-0.2, 0) is 7.05 Å². The largest absolute Gasteiger partial charge is 0.242 e. The Morgan fingerprint density at radius 2 is 2.56 bits per heavy atom. The van der Waals surface area contributed by atoms with E-state index in [1.807, 2.05) is 7.05 Å². The lowest BCUT2D eigenvalue weighted by Gasteiger charge is -1.93. The lowest BCUT2D eigenvalue weighted by atomic mass is 10.9. The first-order valence-corrected chi connectivity index (χ1v) is 3.80. The van der Waals surface area contributed by atoms with Crippen LogP contribution in [0.4, 0.5) is 0 Å². The van der Waals surface area contributed by atoms with Gasteiger partial charge in [-0.1, -0.05) is 12.1 Å². The summed E-state index contributed by atoms with van der Waals surface area (Å²) in [5.74, 6) is 1.07. The number of nitrogens with zero attached hydrogens (tertiary/aromatic N) is 3. The molecule has 1 heterocycles. The summed E-state index contributed by atoms with van der Waals surface area (Å²) in [6, 6.07) is 0. The third-order valence-electron chi connectivity index (χ3n) is 0.965. The van der Waals surface area contributed by atoms with E-state index in [9.17, 15) is 0 Å². The monoisotopic (exact) mass is 143 g/mol. The summed E-state index contributed by atoms with van der Waals surface area (Å²) in [6.45, 7) is 2.11. The Morgan fingerprint density at radius 1 is 1.78 bits per heavy atom. The molecule has 0 N–H and O–H groups in total. The van der Waals surface area contributed by atoms with Crippen LogP contribution in [-0.4, -0.2) is 20.7 Å². The van der Waals surface area contributed by atoms with Crippen molar-refractivity contribution in [3.63, 3.8) is 0 Å². The maximum absolute atomic E-state index is 3.78. The molecule has 0 aliphatic rings. The molecule has 0 spiro atoms. The van der Waals surface area contributed by atoms with Crippen LogP contribution in [0, 0.1) is 0 Å². The summed E-state index contributed by atoms with van der Waals surface area (Å²) in [5, 5.41) is 8.64. The van der Waals surface area contributed by atoms with Gasteiger partial charge in [0.2, 0.25) is 0 Å². The van der Waals surface area contributed by atoms with E-state index in [-0.39, 0.29) is 0 Å². The molecule has 0 saturated heterocycles. The first-order chi connectivity index (χ1) is 4.34. The van der Waals surface area contributed by atoms with Gasteiger partial charge in [0.15, 0.2) is 0 Å². The van der Waals surface area contributed by atoms with Crippen molar-refractivity contribution in [1.82, 2.24) is 15.0 Å². The average Bonchev–Trinajstić information content (AvgIpc) is 2.18. The topological polar surface area (TPSA) is 30.7 Å². The highest BCUT2D eigenvalue weighted by Gasteiger charge is 1.95. The van der Waals surface area contributed by atoms with Crippen molar-refractivity contribution in [2.75, 3.05) is 5.75 Å². The molecule has 0 bridgehead atoms. The zero-order chi connectivity index (χ0) is 6.69. The van der Waals surface area contributed by atoms with Gasteiger partial charge in [0.25, 0.3) is 0 Å². The van der Waals surface area contributed by atoms with Crippen molar-refractivity contribution < 1.29 is 0 Å². The third kappa shape index (κ3) is 1.45. The number of thioether (sulfide) groups is 1. The van der Waals surface area contributed by atoms with E-state index in [2.05, 4.69) is 17.2 Å². The quantitative estimate of drug-likeness (QED) is 0.577. The first-order valence-electron chi connectivity index (χ1n) is 2.82. The van der Waals surface area contributed by atoms with Crippen LogP contribution >= 0.6 is 11.8 Å². The second-order valence-electron chi connectivity index (χ2n) is 1.63. The molecule has 4 heteroatoms. The van der Waals surface area contributed by atoms with E-state index in [4.69, 9.17) is 0 Å². The number of hydrogen-bond donors (Lipinski definition) is 0. The highest BCUT2D eigenvalue weighted by atomic mass is 32.2. The molecule has 0 atom stereocenters. The van der Waals surface area contributed by atoms with Crippen molar-refractivity contribution in [2.24, 2.45) is 7.05 Å². The van der Waals surface area contributed by atoms with Gasteiger partial charge < -0.3 is 0 Å². The van der Waals surface area contributed by atoms with Gasteiger partial charge in [0.1, 0.15) is 5.03 Å².